The number of esters is 1. The molecule has 3 rings (SSSR count). The van der Waals surface area contributed by atoms with Gasteiger partial charge in [-0.25, -0.2) is 17.6 Å². The lowest BCUT2D eigenvalue weighted by Gasteiger charge is -2.34. The van der Waals surface area contributed by atoms with E-state index >= 15 is 0 Å². The van der Waals surface area contributed by atoms with E-state index in [9.17, 15) is 22.4 Å². The molecule has 1 fully saturated rings. The Bertz CT molecular complexity index is 1120. The molecule has 31 heavy (non-hydrogen) atoms. The van der Waals surface area contributed by atoms with Crippen LogP contribution < -0.4 is 0 Å². The number of aryl methyl sites for hydroxylation is 1. The minimum atomic E-state index is -3.87. The van der Waals surface area contributed by atoms with Crippen molar-refractivity contribution in [3.8, 4) is 0 Å². The van der Waals surface area contributed by atoms with Crippen LogP contribution in [0.1, 0.15) is 39.0 Å². The molecular weight excluding hydrogens is 449 g/mol. The maximum atomic E-state index is 13.4. The smallest absolute Gasteiger partial charge is 0.355 e. The highest BCUT2D eigenvalue weighted by molar-refractivity contribution is 7.89. The van der Waals surface area contributed by atoms with Gasteiger partial charge in [-0.2, -0.15) is 4.31 Å². The molecule has 0 radical (unpaired) electrons. The Morgan fingerprint density at radius 3 is 2.42 bits per heavy atom. The van der Waals surface area contributed by atoms with Crippen LogP contribution >= 0.6 is 11.6 Å². The number of amides is 1. The SMILES string of the molecule is CCOC(=O)c1[nH]c(C)c(C(=O)N2CCN(S(=O)(=O)c3ccc(F)c(Cl)c3)CC2)c1C. The van der Waals surface area contributed by atoms with Gasteiger partial charge in [0.25, 0.3) is 5.91 Å². The molecule has 0 saturated carbocycles. The van der Waals surface area contributed by atoms with Crippen LogP contribution in [-0.4, -0.2) is 67.3 Å². The molecule has 2 aromatic rings. The number of benzene rings is 1. The fourth-order valence-electron chi connectivity index (χ4n) is 3.55. The number of carbonyl (C=O) groups is 2. The Kier molecular flexibility index (Phi) is 6.73. The van der Waals surface area contributed by atoms with Gasteiger partial charge < -0.3 is 14.6 Å². The quantitative estimate of drug-likeness (QED) is 0.676. The third-order valence-corrected chi connectivity index (χ3v) is 7.37. The average molecular weight is 472 g/mol. The summed E-state index contributed by atoms with van der Waals surface area (Å²) in [5, 5.41) is -0.272. The van der Waals surface area contributed by atoms with Crippen molar-refractivity contribution >= 4 is 33.5 Å². The van der Waals surface area contributed by atoms with Gasteiger partial charge in [0.2, 0.25) is 10.0 Å². The van der Waals surface area contributed by atoms with Crippen LogP contribution in [0.3, 0.4) is 0 Å². The summed E-state index contributed by atoms with van der Waals surface area (Å²) in [6.07, 6.45) is 0. The highest BCUT2D eigenvalue weighted by Gasteiger charge is 2.33. The third-order valence-electron chi connectivity index (χ3n) is 5.19. The highest BCUT2D eigenvalue weighted by atomic mass is 35.5. The van der Waals surface area contributed by atoms with Crippen LogP contribution in [0.2, 0.25) is 5.02 Å². The summed E-state index contributed by atoms with van der Waals surface area (Å²) in [6, 6.07) is 3.25. The van der Waals surface area contributed by atoms with Crippen LogP contribution in [0.25, 0.3) is 0 Å². The van der Waals surface area contributed by atoms with Crippen LogP contribution in [-0.2, 0) is 14.8 Å². The Balaban J connectivity index is 1.74. The molecular formula is C20H23ClFN3O5S. The first-order valence-corrected chi connectivity index (χ1v) is 11.5. The van der Waals surface area contributed by atoms with Crippen molar-refractivity contribution in [3.05, 3.63) is 51.6 Å². The zero-order valence-corrected chi connectivity index (χ0v) is 18.9. The number of carbonyl (C=O) groups excluding carboxylic acids is 2. The number of hydrogen-bond acceptors (Lipinski definition) is 5. The van der Waals surface area contributed by atoms with E-state index in [4.69, 9.17) is 16.3 Å². The molecule has 0 unspecified atom stereocenters. The summed E-state index contributed by atoms with van der Waals surface area (Å²) < 4.78 is 45.3. The molecule has 1 saturated heterocycles. The molecule has 8 nitrogen and oxygen atoms in total. The van der Waals surface area contributed by atoms with Gasteiger partial charge in [0.1, 0.15) is 11.5 Å². The number of nitrogens with zero attached hydrogens (tertiary/aromatic N) is 2. The maximum Gasteiger partial charge on any atom is 0.355 e. The van der Waals surface area contributed by atoms with Gasteiger partial charge in [0.05, 0.1) is 22.1 Å². The van der Waals surface area contributed by atoms with E-state index in [0.29, 0.717) is 16.8 Å². The van der Waals surface area contributed by atoms with Crippen molar-refractivity contribution in [3.63, 3.8) is 0 Å². The predicted octanol–water partition coefficient (Wildman–Crippen LogP) is 2.75. The van der Waals surface area contributed by atoms with E-state index < -0.39 is 21.8 Å². The fourth-order valence-corrected chi connectivity index (χ4v) is 5.25. The Hall–Kier alpha value is -2.43. The first kappa shape index (κ1) is 23.2. The summed E-state index contributed by atoms with van der Waals surface area (Å²) in [6.45, 7) is 5.78. The van der Waals surface area contributed by atoms with Crippen LogP contribution in [0.4, 0.5) is 4.39 Å². The molecule has 0 bridgehead atoms. The monoisotopic (exact) mass is 471 g/mol. The number of halogens is 2. The second-order valence-electron chi connectivity index (χ2n) is 7.12. The molecule has 168 valence electrons. The van der Waals surface area contributed by atoms with Crippen molar-refractivity contribution in [2.24, 2.45) is 0 Å². The summed E-state index contributed by atoms with van der Waals surface area (Å²) in [5.41, 5.74) is 1.65. The minimum Gasteiger partial charge on any atom is -0.461 e. The van der Waals surface area contributed by atoms with Crippen LogP contribution in [0, 0.1) is 19.7 Å². The van der Waals surface area contributed by atoms with Crippen LogP contribution in [0.15, 0.2) is 23.1 Å². The molecule has 1 amide bonds. The van der Waals surface area contributed by atoms with E-state index in [1.807, 2.05) is 0 Å². The Morgan fingerprint density at radius 1 is 1.19 bits per heavy atom. The van der Waals surface area contributed by atoms with Crippen LogP contribution in [0.5, 0.6) is 0 Å². The number of rotatable bonds is 5. The zero-order valence-electron chi connectivity index (χ0n) is 17.4. The van der Waals surface area contributed by atoms with Crippen molar-refractivity contribution in [1.29, 1.82) is 0 Å². The largest absolute Gasteiger partial charge is 0.461 e. The van der Waals surface area contributed by atoms with E-state index in [1.54, 1.807) is 25.7 Å². The van der Waals surface area contributed by atoms with Gasteiger partial charge in [-0.3, -0.25) is 4.79 Å². The summed E-state index contributed by atoms with van der Waals surface area (Å²) in [5.74, 6) is -1.52. The molecule has 11 heteroatoms. The van der Waals surface area contributed by atoms with Gasteiger partial charge in [-0.1, -0.05) is 11.6 Å². The number of aromatic amines is 1. The number of sulfonamides is 1. The summed E-state index contributed by atoms with van der Waals surface area (Å²) in [4.78, 5) is 29.5. The minimum absolute atomic E-state index is 0.0797. The van der Waals surface area contributed by atoms with Crippen molar-refractivity contribution in [2.45, 2.75) is 25.7 Å². The second kappa shape index (κ2) is 8.97. The fraction of sp³-hybridized carbons (Fsp3) is 0.400. The highest BCUT2D eigenvalue weighted by Crippen LogP contribution is 2.25. The molecule has 0 spiro atoms. The molecule has 1 aliphatic rings. The number of aromatic nitrogens is 1. The summed E-state index contributed by atoms with van der Waals surface area (Å²) >= 11 is 5.72. The van der Waals surface area contributed by atoms with Gasteiger partial charge in [0.15, 0.2) is 0 Å². The second-order valence-corrected chi connectivity index (χ2v) is 9.46. The first-order chi connectivity index (χ1) is 14.6. The van der Waals surface area contributed by atoms with Gasteiger partial charge in [-0.15, -0.1) is 0 Å². The lowest BCUT2D eigenvalue weighted by molar-refractivity contribution is 0.0519. The van der Waals surface area contributed by atoms with E-state index in [-0.39, 0.29) is 54.3 Å². The molecule has 0 aliphatic carbocycles. The molecule has 2 heterocycles. The molecule has 0 atom stereocenters. The lowest BCUT2D eigenvalue weighted by Crippen LogP contribution is -2.50. The predicted molar refractivity (Wildman–Crippen MR) is 112 cm³/mol. The standard InChI is InChI=1S/C20H23ClFN3O5S/c1-4-30-20(27)18-12(2)17(13(3)23-18)19(26)24-7-9-25(10-8-24)31(28,29)14-5-6-16(22)15(21)11-14/h5-6,11,23H,4,7-10H2,1-3H3. The Morgan fingerprint density at radius 2 is 1.84 bits per heavy atom. The topological polar surface area (TPSA) is 99.8 Å². The maximum absolute atomic E-state index is 13.4. The third kappa shape index (κ3) is 4.46. The number of ether oxygens (including phenoxy) is 1. The molecule has 1 aromatic heterocycles. The van der Waals surface area contributed by atoms with E-state index in [1.165, 1.54) is 4.31 Å². The zero-order chi connectivity index (χ0) is 22.9. The number of nitrogens with one attached hydrogen (secondary N) is 1. The molecule has 1 aromatic carbocycles. The summed E-state index contributed by atoms with van der Waals surface area (Å²) in [7, 11) is -3.87. The number of H-pyrrole nitrogens is 1. The van der Waals surface area contributed by atoms with Crippen molar-refractivity contribution in [1.82, 2.24) is 14.2 Å². The lowest BCUT2D eigenvalue weighted by atomic mass is 10.1. The molecule has 1 N–H and O–H groups in total. The average Bonchev–Trinajstić information content (AvgIpc) is 3.03. The van der Waals surface area contributed by atoms with E-state index in [2.05, 4.69) is 4.98 Å². The van der Waals surface area contributed by atoms with Gasteiger partial charge in [0, 0.05) is 31.9 Å². The van der Waals surface area contributed by atoms with Crippen molar-refractivity contribution in [2.75, 3.05) is 32.8 Å². The van der Waals surface area contributed by atoms with Crippen molar-refractivity contribution < 1.29 is 27.1 Å². The molecule has 1 aliphatic heterocycles. The number of hydrogen-bond donors (Lipinski definition) is 1. The normalized spacial score (nSPS) is 15.2. The van der Waals surface area contributed by atoms with Gasteiger partial charge in [-0.05, 0) is 44.5 Å². The first-order valence-electron chi connectivity index (χ1n) is 9.68. The van der Waals surface area contributed by atoms with Gasteiger partial charge >= 0.3 is 5.97 Å². The number of piperazine rings is 1. The van der Waals surface area contributed by atoms with E-state index in [0.717, 1.165) is 18.2 Å². The Labute approximate surface area is 185 Å².